The van der Waals surface area contributed by atoms with Gasteiger partial charge < -0.3 is 10.8 Å². The minimum absolute atomic E-state index is 0.0937. The molecule has 4 aliphatic rings. The normalized spacial score (nSPS) is 46.5. The highest BCUT2D eigenvalue weighted by atomic mass is 16.3. The number of fused-ring (bicyclic) bond motifs is 5. The van der Waals surface area contributed by atoms with Crippen LogP contribution in [0.2, 0.25) is 0 Å². The molecule has 0 aromatic heterocycles. The van der Waals surface area contributed by atoms with E-state index in [0.29, 0.717) is 22.8 Å². The second-order valence-corrected chi connectivity index (χ2v) is 12.4. The van der Waals surface area contributed by atoms with E-state index in [1.165, 1.54) is 51.4 Å². The lowest BCUT2D eigenvalue weighted by atomic mass is 9.47. The summed E-state index contributed by atoms with van der Waals surface area (Å²) >= 11 is 0. The molecule has 2 nitrogen and oxygen atoms in total. The molecule has 9 atom stereocenters. The third-order valence-electron chi connectivity index (χ3n) is 10.5. The monoisotopic (exact) mass is 401 g/mol. The third-order valence-corrected chi connectivity index (χ3v) is 10.5. The zero-order valence-electron chi connectivity index (χ0n) is 19.8. The van der Waals surface area contributed by atoms with Crippen LogP contribution in [-0.2, 0) is 0 Å². The molecule has 3 fully saturated rings. The van der Waals surface area contributed by atoms with E-state index in [1.54, 1.807) is 5.57 Å². The van der Waals surface area contributed by atoms with Crippen LogP contribution >= 0.6 is 0 Å². The predicted octanol–water partition coefficient (Wildman–Crippen LogP) is 6.33. The van der Waals surface area contributed by atoms with Gasteiger partial charge in [-0.3, -0.25) is 0 Å². The molecule has 0 saturated heterocycles. The van der Waals surface area contributed by atoms with Gasteiger partial charge >= 0.3 is 0 Å². The second-order valence-electron chi connectivity index (χ2n) is 12.4. The fourth-order valence-electron chi connectivity index (χ4n) is 8.63. The molecule has 4 rings (SSSR count). The molecule has 166 valence electrons. The maximum absolute atomic E-state index is 10.2. The molecule has 29 heavy (non-hydrogen) atoms. The van der Waals surface area contributed by atoms with Crippen molar-refractivity contribution in [2.45, 2.75) is 111 Å². The molecule has 3 saturated carbocycles. The van der Waals surface area contributed by atoms with Crippen molar-refractivity contribution in [1.82, 2.24) is 0 Å². The summed E-state index contributed by atoms with van der Waals surface area (Å²) in [7, 11) is 0. The van der Waals surface area contributed by atoms with Crippen molar-refractivity contribution in [1.29, 1.82) is 0 Å². The number of allylic oxidation sites excluding steroid dienone is 1. The minimum atomic E-state index is -0.0937. The summed E-state index contributed by atoms with van der Waals surface area (Å²) < 4.78 is 0. The Morgan fingerprint density at radius 1 is 1.03 bits per heavy atom. The van der Waals surface area contributed by atoms with Crippen molar-refractivity contribution < 1.29 is 5.11 Å². The molecule has 0 aliphatic heterocycles. The second kappa shape index (κ2) is 7.97. The first kappa shape index (κ1) is 21.9. The molecule has 0 bridgehead atoms. The molecule has 0 amide bonds. The summed E-state index contributed by atoms with van der Waals surface area (Å²) in [5, 5.41) is 10.2. The van der Waals surface area contributed by atoms with Crippen molar-refractivity contribution in [2.75, 3.05) is 0 Å². The van der Waals surface area contributed by atoms with Crippen LogP contribution in [0.15, 0.2) is 11.6 Å². The number of hydrogen-bond donors (Lipinski definition) is 2. The highest BCUT2D eigenvalue weighted by molar-refractivity contribution is 5.25. The van der Waals surface area contributed by atoms with Gasteiger partial charge in [-0.1, -0.05) is 46.3 Å². The van der Waals surface area contributed by atoms with Crippen molar-refractivity contribution in [3.05, 3.63) is 11.6 Å². The van der Waals surface area contributed by atoms with Gasteiger partial charge in [-0.05, 0) is 111 Å². The first-order valence-electron chi connectivity index (χ1n) is 12.8. The van der Waals surface area contributed by atoms with Gasteiger partial charge in [0.05, 0.1) is 6.10 Å². The van der Waals surface area contributed by atoms with Crippen molar-refractivity contribution in [3.8, 4) is 0 Å². The van der Waals surface area contributed by atoms with Gasteiger partial charge in [0, 0.05) is 6.04 Å². The topological polar surface area (TPSA) is 46.2 Å². The first-order valence-corrected chi connectivity index (χ1v) is 12.8. The van der Waals surface area contributed by atoms with Gasteiger partial charge in [-0.25, -0.2) is 0 Å². The summed E-state index contributed by atoms with van der Waals surface area (Å²) in [4.78, 5) is 0. The molecule has 3 N–H and O–H groups in total. The van der Waals surface area contributed by atoms with Crippen molar-refractivity contribution in [2.24, 2.45) is 52.1 Å². The molecule has 0 radical (unpaired) electrons. The largest absolute Gasteiger partial charge is 0.393 e. The van der Waals surface area contributed by atoms with E-state index in [-0.39, 0.29) is 6.10 Å². The average molecular weight is 402 g/mol. The quantitative estimate of drug-likeness (QED) is 0.529. The number of hydrogen-bond acceptors (Lipinski definition) is 2. The summed E-state index contributed by atoms with van der Waals surface area (Å²) in [5.74, 6) is 4.80. The highest BCUT2D eigenvalue weighted by Crippen LogP contribution is 2.67. The maximum Gasteiger partial charge on any atom is 0.0577 e. The predicted molar refractivity (Wildman–Crippen MR) is 122 cm³/mol. The Morgan fingerprint density at radius 3 is 2.52 bits per heavy atom. The Bertz CT molecular complexity index is 626. The van der Waals surface area contributed by atoms with Gasteiger partial charge in [0.15, 0.2) is 0 Å². The maximum atomic E-state index is 10.2. The average Bonchev–Trinajstić information content (AvgIpc) is 3.03. The Balaban J connectivity index is 1.51. The number of rotatable bonds is 5. The van der Waals surface area contributed by atoms with Crippen molar-refractivity contribution >= 4 is 0 Å². The molecular formula is C27H47NO. The van der Waals surface area contributed by atoms with Crippen LogP contribution in [0.4, 0.5) is 0 Å². The molecule has 0 aromatic carbocycles. The van der Waals surface area contributed by atoms with Gasteiger partial charge in [0.2, 0.25) is 0 Å². The Kier molecular flexibility index (Phi) is 6.01. The summed E-state index contributed by atoms with van der Waals surface area (Å²) in [5.41, 5.74) is 9.20. The van der Waals surface area contributed by atoms with E-state index >= 15 is 0 Å². The Morgan fingerprint density at radius 2 is 1.79 bits per heavy atom. The Labute approximate surface area is 180 Å². The number of aliphatic hydroxyl groups is 1. The van der Waals surface area contributed by atoms with Gasteiger partial charge in [-0.2, -0.15) is 0 Å². The smallest absolute Gasteiger partial charge is 0.0577 e. The van der Waals surface area contributed by atoms with Crippen LogP contribution in [0, 0.1) is 46.3 Å². The molecule has 4 aliphatic carbocycles. The minimum Gasteiger partial charge on any atom is -0.393 e. The SMILES string of the molecule is CC(C)CC[C@H](N)[C@@H](C)C1CCC2C3CC=C4C[C@@H](O)CC[C@]4(C)C3CC[C@@]21C. The number of nitrogens with two attached hydrogens (primary N) is 1. The van der Waals surface area contributed by atoms with Crippen LogP contribution in [0.25, 0.3) is 0 Å². The van der Waals surface area contributed by atoms with Crippen LogP contribution in [0.5, 0.6) is 0 Å². The van der Waals surface area contributed by atoms with Gasteiger partial charge in [0.1, 0.15) is 0 Å². The fraction of sp³-hybridized carbons (Fsp3) is 0.926. The highest BCUT2D eigenvalue weighted by Gasteiger charge is 2.59. The van der Waals surface area contributed by atoms with E-state index in [1.807, 2.05) is 0 Å². The molecular weight excluding hydrogens is 354 g/mol. The lowest BCUT2D eigenvalue weighted by Crippen LogP contribution is -2.51. The summed E-state index contributed by atoms with van der Waals surface area (Å²) in [6, 6.07) is 0.367. The van der Waals surface area contributed by atoms with E-state index < -0.39 is 0 Å². The Hall–Kier alpha value is -0.340. The molecule has 2 heteroatoms. The first-order chi connectivity index (χ1) is 13.7. The molecule has 0 aromatic rings. The van der Waals surface area contributed by atoms with Crippen LogP contribution in [-0.4, -0.2) is 17.3 Å². The van der Waals surface area contributed by atoms with Gasteiger partial charge in [-0.15, -0.1) is 0 Å². The number of aliphatic hydroxyl groups excluding tert-OH is 1. The third kappa shape index (κ3) is 3.65. The molecule has 0 heterocycles. The van der Waals surface area contributed by atoms with Crippen molar-refractivity contribution in [3.63, 3.8) is 0 Å². The standard InChI is InChI=1S/C27H47NO/c1-17(2)6-11-25(28)18(3)22-9-10-23-21-8-7-19-16-20(29)12-14-26(19,4)24(21)13-15-27(22,23)5/h7,17-18,20-25,29H,6,8-16,28H2,1-5H3/t18-,20-,21?,22?,23?,24?,25-,26-,27+/m0/s1. The van der Waals surface area contributed by atoms with Crippen LogP contribution < -0.4 is 5.73 Å². The van der Waals surface area contributed by atoms with Gasteiger partial charge in [0.25, 0.3) is 0 Å². The van der Waals surface area contributed by atoms with E-state index in [0.717, 1.165) is 42.4 Å². The lowest BCUT2D eigenvalue weighted by molar-refractivity contribution is -0.0584. The zero-order chi connectivity index (χ0) is 21.0. The summed E-state index contributed by atoms with van der Waals surface area (Å²) in [6.45, 7) is 12.3. The van der Waals surface area contributed by atoms with E-state index in [2.05, 4.69) is 40.7 Å². The van der Waals surface area contributed by atoms with E-state index in [9.17, 15) is 5.11 Å². The summed E-state index contributed by atoms with van der Waals surface area (Å²) in [6.07, 6.45) is 14.9. The molecule has 4 unspecified atom stereocenters. The van der Waals surface area contributed by atoms with Crippen LogP contribution in [0.1, 0.15) is 98.8 Å². The fourth-order valence-corrected chi connectivity index (χ4v) is 8.63. The molecule has 0 spiro atoms. The lowest BCUT2D eigenvalue weighted by Gasteiger charge is -2.58. The van der Waals surface area contributed by atoms with E-state index in [4.69, 9.17) is 5.73 Å². The zero-order valence-corrected chi connectivity index (χ0v) is 19.8. The van der Waals surface area contributed by atoms with Crippen LogP contribution in [0.3, 0.4) is 0 Å².